The average Bonchev–Trinajstić information content (AvgIpc) is 3.67. The maximum absolute atomic E-state index is 12.9. The van der Waals surface area contributed by atoms with Crippen LogP contribution in [-0.2, 0) is 17.2 Å². The molecule has 0 radical (unpaired) electrons. The van der Waals surface area contributed by atoms with Crippen molar-refractivity contribution in [1.29, 1.82) is 0 Å². The van der Waals surface area contributed by atoms with Crippen LogP contribution in [0.4, 0.5) is 14.1 Å². The van der Waals surface area contributed by atoms with Crippen LogP contribution in [0, 0.1) is 5.82 Å². The van der Waals surface area contributed by atoms with Crippen LogP contribution in [0.3, 0.4) is 0 Å². The minimum atomic E-state index is -0.833. The highest BCUT2D eigenvalue weighted by molar-refractivity contribution is 7.92. The second kappa shape index (κ2) is 13.7. The van der Waals surface area contributed by atoms with E-state index in [-0.39, 0.29) is 24.0 Å². The molecule has 2 aromatic rings. The van der Waals surface area contributed by atoms with Gasteiger partial charge in [-0.1, -0.05) is 26.0 Å². The number of benzene rings is 1. The fourth-order valence-electron chi connectivity index (χ4n) is 3.17. The highest BCUT2D eigenvalue weighted by atomic mass is 32.2. The number of nitrogens with zero attached hydrogens (tertiary/aromatic N) is 3. The van der Waals surface area contributed by atoms with E-state index in [9.17, 15) is 17.3 Å². The Bertz CT molecular complexity index is 911. The van der Waals surface area contributed by atoms with E-state index in [1.165, 1.54) is 36.7 Å². The first-order chi connectivity index (χ1) is 15.5. The Labute approximate surface area is 195 Å². The van der Waals surface area contributed by atoms with Gasteiger partial charge in [-0.05, 0) is 55.8 Å². The van der Waals surface area contributed by atoms with Gasteiger partial charge in [0.1, 0.15) is 5.82 Å². The van der Waals surface area contributed by atoms with Gasteiger partial charge in [0, 0.05) is 41.6 Å². The van der Waals surface area contributed by atoms with Crippen molar-refractivity contribution in [3.63, 3.8) is 0 Å². The van der Waals surface area contributed by atoms with Gasteiger partial charge in [-0.15, -0.1) is 3.89 Å². The number of rotatable bonds is 6. The fourth-order valence-corrected chi connectivity index (χ4v) is 4.53. The topological polar surface area (TPSA) is 81.2 Å². The summed E-state index contributed by atoms with van der Waals surface area (Å²) in [4.78, 5) is 18.2. The monoisotopic (exact) mass is 486 g/mol. The maximum atomic E-state index is 12.9. The molecule has 4 rings (SSSR count). The summed E-state index contributed by atoms with van der Waals surface area (Å²) in [6.07, 6.45) is 5.31. The molecule has 1 aromatic carbocycles. The van der Waals surface area contributed by atoms with Crippen LogP contribution >= 0.6 is 12.3 Å². The van der Waals surface area contributed by atoms with E-state index in [1.54, 1.807) is 4.90 Å². The van der Waals surface area contributed by atoms with Crippen LogP contribution in [0.2, 0.25) is 0 Å². The number of halogens is 2. The normalized spacial score (nSPS) is 16.0. The first-order valence-electron chi connectivity index (χ1n) is 11.0. The SMILES string of the molecule is CC.Fc1ccc(C2CC2)cc1.NCCCc1cn(SF)c(=O)c(N2CCS(=O)CC2)n1. The molecular weight excluding hydrogens is 454 g/mol. The molecular formula is C22H32F2N4O2S2. The number of aryl methyl sites for hydroxylation is 1. The maximum Gasteiger partial charge on any atom is 0.305 e. The molecule has 2 heterocycles. The van der Waals surface area contributed by atoms with Crippen LogP contribution in [0.5, 0.6) is 0 Å². The molecule has 0 spiro atoms. The van der Waals surface area contributed by atoms with Crippen molar-refractivity contribution in [3.8, 4) is 0 Å². The molecule has 0 amide bonds. The third-order valence-corrected chi connectivity index (χ3v) is 6.71. The van der Waals surface area contributed by atoms with Crippen molar-refractivity contribution in [3.05, 3.63) is 57.9 Å². The van der Waals surface area contributed by atoms with Gasteiger partial charge in [-0.3, -0.25) is 9.00 Å². The molecule has 1 saturated heterocycles. The molecule has 2 fully saturated rings. The highest BCUT2D eigenvalue weighted by Gasteiger charge is 2.23. The third-order valence-electron chi connectivity index (χ3n) is 5.01. The van der Waals surface area contributed by atoms with Gasteiger partial charge in [0.05, 0.1) is 5.69 Å². The summed E-state index contributed by atoms with van der Waals surface area (Å²) in [6, 6.07) is 6.83. The number of hydrogen-bond acceptors (Lipinski definition) is 6. The van der Waals surface area contributed by atoms with E-state index in [4.69, 9.17) is 5.73 Å². The molecule has 1 aromatic heterocycles. The van der Waals surface area contributed by atoms with Crippen LogP contribution in [0.25, 0.3) is 0 Å². The predicted octanol–water partition coefficient (Wildman–Crippen LogP) is 3.81. The smallest absolute Gasteiger partial charge is 0.305 e. The van der Waals surface area contributed by atoms with E-state index in [0.29, 0.717) is 43.3 Å². The molecule has 0 unspecified atom stereocenters. The van der Waals surface area contributed by atoms with Crippen molar-refractivity contribution in [2.45, 2.75) is 45.4 Å². The summed E-state index contributed by atoms with van der Waals surface area (Å²) in [7, 11) is -0.833. The Kier molecular flexibility index (Phi) is 11.3. The molecule has 2 aliphatic rings. The van der Waals surface area contributed by atoms with E-state index < -0.39 is 16.4 Å². The Morgan fingerprint density at radius 3 is 2.34 bits per heavy atom. The van der Waals surface area contributed by atoms with Gasteiger partial charge in [0.25, 0.3) is 0 Å². The molecule has 2 N–H and O–H groups in total. The Morgan fingerprint density at radius 2 is 1.81 bits per heavy atom. The van der Waals surface area contributed by atoms with Gasteiger partial charge in [-0.2, -0.15) is 0 Å². The lowest BCUT2D eigenvalue weighted by molar-refractivity contribution is 0.627. The lowest BCUT2D eigenvalue weighted by atomic mass is 10.1. The summed E-state index contributed by atoms with van der Waals surface area (Å²) in [5.74, 6) is 1.86. The lowest BCUT2D eigenvalue weighted by Crippen LogP contribution is -2.42. The van der Waals surface area contributed by atoms with E-state index in [0.717, 1.165) is 16.3 Å². The summed E-state index contributed by atoms with van der Waals surface area (Å²) in [5, 5.41) is 0. The van der Waals surface area contributed by atoms with Gasteiger partial charge in [0.15, 0.2) is 18.2 Å². The van der Waals surface area contributed by atoms with Crippen LogP contribution in [-0.4, -0.2) is 44.3 Å². The van der Waals surface area contributed by atoms with Crippen molar-refractivity contribution >= 4 is 29.0 Å². The summed E-state index contributed by atoms with van der Waals surface area (Å²) in [5.41, 5.74) is 6.92. The minimum Gasteiger partial charge on any atom is -0.350 e. The summed E-state index contributed by atoms with van der Waals surface area (Å²) >= 11 is -0.132. The fraction of sp³-hybridized carbons (Fsp3) is 0.545. The Balaban J connectivity index is 0.000000251. The second-order valence-corrected chi connectivity index (χ2v) is 9.54. The van der Waals surface area contributed by atoms with Crippen molar-refractivity contribution in [2.75, 3.05) is 36.0 Å². The van der Waals surface area contributed by atoms with Crippen LogP contribution in [0.1, 0.15) is 50.3 Å². The molecule has 1 aliphatic heterocycles. The van der Waals surface area contributed by atoms with Gasteiger partial charge < -0.3 is 10.6 Å². The molecule has 178 valence electrons. The van der Waals surface area contributed by atoms with E-state index >= 15 is 0 Å². The van der Waals surface area contributed by atoms with Crippen LogP contribution in [0.15, 0.2) is 35.3 Å². The predicted molar refractivity (Wildman–Crippen MR) is 130 cm³/mol. The Hall–Kier alpha value is -1.78. The number of hydrogen-bond donors (Lipinski definition) is 1. The lowest BCUT2D eigenvalue weighted by Gasteiger charge is -2.27. The summed E-state index contributed by atoms with van der Waals surface area (Å²) in [6.45, 7) is 5.53. The van der Waals surface area contributed by atoms with E-state index in [2.05, 4.69) is 4.98 Å². The molecule has 10 heteroatoms. The number of anilines is 1. The molecule has 0 atom stereocenters. The Morgan fingerprint density at radius 1 is 1.19 bits per heavy atom. The quantitative estimate of drug-likeness (QED) is 0.669. The average molecular weight is 487 g/mol. The van der Waals surface area contributed by atoms with E-state index in [1.807, 2.05) is 26.0 Å². The highest BCUT2D eigenvalue weighted by Crippen LogP contribution is 2.39. The zero-order valence-corrected chi connectivity index (χ0v) is 20.3. The van der Waals surface area contributed by atoms with Gasteiger partial charge in [0.2, 0.25) is 0 Å². The zero-order valence-electron chi connectivity index (χ0n) is 18.6. The van der Waals surface area contributed by atoms with Gasteiger partial charge >= 0.3 is 5.56 Å². The van der Waals surface area contributed by atoms with Gasteiger partial charge in [-0.25, -0.2) is 13.3 Å². The molecule has 1 saturated carbocycles. The van der Waals surface area contributed by atoms with Crippen LogP contribution < -0.4 is 16.2 Å². The van der Waals surface area contributed by atoms with Crippen molar-refractivity contribution < 1.29 is 12.5 Å². The number of aromatic nitrogens is 2. The number of nitrogens with two attached hydrogens (primary N) is 1. The summed E-state index contributed by atoms with van der Waals surface area (Å²) < 4.78 is 37.5. The minimum absolute atomic E-state index is 0.132. The first kappa shape index (κ1) is 26.5. The molecule has 32 heavy (non-hydrogen) atoms. The second-order valence-electron chi connectivity index (χ2n) is 7.31. The zero-order chi connectivity index (χ0) is 23.5. The third kappa shape index (κ3) is 7.97. The largest absolute Gasteiger partial charge is 0.350 e. The van der Waals surface area contributed by atoms with Crippen molar-refractivity contribution in [2.24, 2.45) is 5.73 Å². The molecule has 1 aliphatic carbocycles. The molecule has 6 nitrogen and oxygen atoms in total. The van der Waals surface area contributed by atoms with Crippen molar-refractivity contribution in [1.82, 2.24) is 8.96 Å². The standard InChI is InChI=1S/C11H17FN4O2S2.C9H9F.C2H6/c12-19-16-8-9(2-1-3-13)14-10(11(16)17)15-4-6-20(18)7-5-15;10-9-5-3-8(4-6-9)7-1-2-7;1-2/h8H,1-7,13H2;3-7H,1-2H2;1-2H3. The molecule has 0 bridgehead atoms. The first-order valence-corrected chi connectivity index (χ1v) is 13.1.